The lowest BCUT2D eigenvalue weighted by Gasteiger charge is -2.32. The lowest BCUT2D eigenvalue weighted by atomic mass is 9.79. The van der Waals surface area contributed by atoms with Crippen molar-refractivity contribution in [2.24, 2.45) is 10.7 Å². The van der Waals surface area contributed by atoms with E-state index in [4.69, 9.17) is 24.5 Å². The summed E-state index contributed by atoms with van der Waals surface area (Å²) in [5.74, 6) is 0. The molecule has 0 radical (unpaired) electrons. The summed E-state index contributed by atoms with van der Waals surface area (Å²) < 4.78 is 23.1. The summed E-state index contributed by atoms with van der Waals surface area (Å²) in [6, 6.07) is 0. The van der Waals surface area contributed by atoms with Crippen LogP contribution in [0.15, 0.2) is 16.7 Å². The molecule has 1 unspecified atom stereocenters. The van der Waals surface area contributed by atoms with E-state index in [0.29, 0.717) is 13.2 Å². The fourth-order valence-electron chi connectivity index (χ4n) is 2.41. The molecule has 2 fully saturated rings. The minimum Gasteiger partial charge on any atom is -0.405 e. The normalized spacial score (nSPS) is 27.7. The van der Waals surface area contributed by atoms with Crippen molar-refractivity contribution in [3.63, 3.8) is 0 Å². The van der Waals surface area contributed by atoms with Crippen molar-refractivity contribution in [3.05, 3.63) is 11.7 Å². The molecule has 0 bridgehead atoms. The van der Waals surface area contributed by atoms with E-state index >= 15 is 0 Å². The van der Waals surface area contributed by atoms with Gasteiger partial charge < -0.3 is 24.5 Å². The Morgan fingerprint density at radius 3 is 2.52 bits per heavy atom. The first-order valence-corrected chi connectivity index (χ1v) is 8.36. The summed E-state index contributed by atoms with van der Waals surface area (Å²) in [4.78, 5) is 4.35. The van der Waals surface area contributed by atoms with Crippen LogP contribution in [0.2, 0.25) is 0 Å². The number of ether oxygens (including phenoxy) is 2. The highest BCUT2D eigenvalue weighted by Crippen LogP contribution is 2.38. The summed E-state index contributed by atoms with van der Waals surface area (Å²) in [7, 11) is -0.489. The average molecular weight is 324 g/mol. The van der Waals surface area contributed by atoms with Crippen LogP contribution < -0.4 is 5.73 Å². The molecule has 130 valence electrons. The van der Waals surface area contributed by atoms with Crippen molar-refractivity contribution in [1.82, 2.24) is 0 Å². The van der Waals surface area contributed by atoms with E-state index in [0.717, 1.165) is 31.3 Å². The van der Waals surface area contributed by atoms with Crippen molar-refractivity contribution < 1.29 is 18.8 Å². The largest absolute Gasteiger partial charge is 0.497 e. The van der Waals surface area contributed by atoms with E-state index in [1.54, 1.807) is 6.21 Å². The van der Waals surface area contributed by atoms with Crippen LogP contribution in [0.25, 0.3) is 0 Å². The van der Waals surface area contributed by atoms with Crippen LogP contribution in [0.4, 0.5) is 0 Å². The number of nitrogens with two attached hydrogens (primary N) is 1. The second-order valence-corrected chi connectivity index (χ2v) is 6.96. The van der Waals surface area contributed by atoms with Crippen LogP contribution in [0, 0.1) is 0 Å². The van der Waals surface area contributed by atoms with Crippen molar-refractivity contribution in [3.8, 4) is 0 Å². The minimum atomic E-state index is -0.489. The molecule has 2 aliphatic heterocycles. The fraction of sp³-hybridized carbons (Fsp3) is 0.812. The van der Waals surface area contributed by atoms with E-state index in [-0.39, 0.29) is 17.5 Å². The van der Waals surface area contributed by atoms with Gasteiger partial charge in [0, 0.05) is 18.3 Å². The van der Waals surface area contributed by atoms with Gasteiger partial charge in [-0.3, -0.25) is 4.99 Å². The number of rotatable bonds is 6. The third-order valence-corrected chi connectivity index (χ3v) is 4.62. The lowest BCUT2D eigenvalue weighted by molar-refractivity contribution is -0.160. The van der Waals surface area contributed by atoms with Gasteiger partial charge in [0.1, 0.15) is 0 Å². The average Bonchev–Trinajstić information content (AvgIpc) is 2.72. The zero-order valence-electron chi connectivity index (χ0n) is 14.7. The predicted octanol–water partition coefficient (Wildman–Crippen LogP) is 2.07. The third-order valence-electron chi connectivity index (χ3n) is 4.62. The molecule has 7 heteroatoms. The smallest absolute Gasteiger partial charge is 0.405 e. The highest BCUT2D eigenvalue weighted by molar-refractivity contribution is 6.60. The molecule has 0 aromatic carbocycles. The second-order valence-electron chi connectivity index (χ2n) is 6.96. The Kier molecular flexibility index (Phi) is 6.25. The Morgan fingerprint density at radius 2 is 1.96 bits per heavy atom. The zero-order chi connectivity index (χ0) is 16.9. The minimum absolute atomic E-state index is 0.0773. The van der Waals surface area contributed by atoms with E-state index in [1.165, 1.54) is 6.20 Å². The quantitative estimate of drug-likeness (QED) is 0.460. The molecule has 2 aliphatic rings. The van der Waals surface area contributed by atoms with Gasteiger partial charge in [-0.25, -0.2) is 0 Å². The SMILES string of the molecule is CC1(C)OB(C(C=NCCOC2CCCCO2)=CN)OC1(C)C. The van der Waals surface area contributed by atoms with Crippen LogP contribution in [-0.4, -0.2) is 50.6 Å². The summed E-state index contributed by atoms with van der Waals surface area (Å²) in [6.07, 6.45) is 6.36. The van der Waals surface area contributed by atoms with Crippen molar-refractivity contribution in [2.45, 2.75) is 64.4 Å². The molecule has 2 rings (SSSR count). The molecule has 0 saturated carbocycles. The van der Waals surface area contributed by atoms with Gasteiger partial charge in [-0.2, -0.15) is 0 Å². The fourth-order valence-corrected chi connectivity index (χ4v) is 2.41. The van der Waals surface area contributed by atoms with Gasteiger partial charge in [0.15, 0.2) is 6.29 Å². The van der Waals surface area contributed by atoms with Crippen LogP contribution in [0.5, 0.6) is 0 Å². The highest BCUT2D eigenvalue weighted by Gasteiger charge is 2.52. The topological polar surface area (TPSA) is 75.3 Å². The van der Waals surface area contributed by atoms with Crippen molar-refractivity contribution in [2.75, 3.05) is 19.8 Å². The monoisotopic (exact) mass is 324 g/mol. The molecular weight excluding hydrogens is 295 g/mol. The van der Waals surface area contributed by atoms with Crippen LogP contribution in [-0.2, 0) is 18.8 Å². The molecule has 0 spiro atoms. The maximum absolute atomic E-state index is 5.96. The van der Waals surface area contributed by atoms with E-state index in [2.05, 4.69) is 4.99 Å². The Morgan fingerprint density at radius 1 is 1.26 bits per heavy atom. The zero-order valence-corrected chi connectivity index (χ0v) is 14.7. The van der Waals surface area contributed by atoms with Crippen LogP contribution in [0.1, 0.15) is 47.0 Å². The molecule has 2 heterocycles. The van der Waals surface area contributed by atoms with Gasteiger partial charge in [-0.15, -0.1) is 0 Å². The maximum atomic E-state index is 5.96. The van der Waals surface area contributed by atoms with Crippen molar-refractivity contribution in [1.29, 1.82) is 0 Å². The van der Waals surface area contributed by atoms with Crippen LogP contribution in [0.3, 0.4) is 0 Å². The third kappa shape index (κ3) is 4.79. The van der Waals surface area contributed by atoms with Gasteiger partial charge in [0.25, 0.3) is 0 Å². The Bertz CT molecular complexity index is 429. The molecule has 0 aromatic rings. The van der Waals surface area contributed by atoms with Gasteiger partial charge in [0.05, 0.1) is 24.4 Å². The first kappa shape index (κ1) is 18.5. The predicted molar refractivity (Wildman–Crippen MR) is 91.3 cm³/mol. The summed E-state index contributed by atoms with van der Waals surface area (Å²) >= 11 is 0. The summed E-state index contributed by atoms with van der Waals surface area (Å²) in [5, 5.41) is 0. The molecule has 2 saturated heterocycles. The molecule has 0 aromatic heterocycles. The van der Waals surface area contributed by atoms with E-state index < -0.39 is 7.12 Å². The standard InChI is InChI=1S/C16H29BN2O4/c1-15(2)16(3,4)23-17(22-15)13(11-18)12-19-8-10-21-14-7-5-6-9-20-14/h11-12,14H,5-10,18H2,1-4H3. The van der Waals surface area contributed by atoms with Crippen LogP contribution >= 0.6 is 0 Å². The van der Waals surface area contributed by atoms with E-state index in [9.17, 15) is 0 Å². The highest BCUT2D eigenvalue weighted by atomic mass is 16.7. The number of nitrogens with zero attached hydrogens (tertiary/aromatic N) is 1. The van der Waals surface area contributed by atoms with Gasteiger partial charge in [-0.05, 0) is 53.2 Å². The number of hydrogen-bond acceptors (Lipinski definition) is 6. The second kappa shape index (κ2) is 7.79. The summed E-state index contributed by atoms with van der Waals surface area (Å²) in [6.45, 7) is 9.91. The first-order valence-electron chi connectivity index (χ1n) is 8.36. The lowest BCUT2D eigenvalue weighted by Crippen LogP contribution is -2.41. The Hall–Kier alpha value is -0.885. The molecule has 2 N–H and O–H groups in total. The molecule has 1 atom stereocenters. The maximum Gasteiger partial charge on any atom is 0.497 e. The first-order chi connectivity index (χ1) is 10.9. The number of aliphatic imine (C=N–C) groups is 1. The van der Waals surface area contributed by atoms with Crippen molar-refractivity contribution >= 4 is 13.3 Å². The van der Waals surface area contributed by atoms with Gasteiger partial charge in [-0.1, -0.05) is 0 Å². The molecular formula is C16H29BN2O4. The van der Waals surface area contributed by atoms with Gasteiger partial charge >= 0.3 is 7.12 Å². The van der Waals surface area contributed by atoms with E-state index in [1.807, 2.05) is 27.7 Å². The summed E-state index contributed by atoms with van der Waals surface area (Å²) in [5.41, 5.74) is 5.64. The number of hydrogen-bond donors (Lipinski definition) is 1. The molecule has 0 aliphatic carbocycles. The molecule has 0 amide bonds. The van der Waals surface area contributed by atoms with Gasteiger partial charge in [0.2, 0.25) is 0 Å². The molecule has 23 heavy (non-hydrogen) atoms. The Labute approximate surface area is 139 Å². The Balaban J connectivity index is 1.76. The number of allylic oxidation sites excluding steroid dienone is 1. The molecule has 6 nitrogen and oxygen atoms in total.